The van der Waals surface area contributed by atoms with E-state index in [2.05, 4.69) is 57.2 Å². The number of phosphoric acid groups is 1. The number of aliphatic hydroxyl groups is 1. The van der Waals surface area contributed by atoms with Crippen LogP contribution in [-0.2, 0) is 42.2 Å². The van der Waals surface area contributed by atoms with Crippen LogP contribution in [0.3, 0.4) is 0 Å². The molecule has 0 saturated heterocycles. The minimum Gasteiger partial charge on any atom is -0.462 e. The van der Waals surface area contributed by atoms with Gasteiger partial charge in [-0.25, -0.2) is 4.57 Å². The quantitative estimate of drug-likeness (QED) is 0.0198. The lowest BCUT2D eigenvalue weighted by atomic mass is 10.1. The summed E-state index contributed by atoms with van der Waals surface area (Å²) in [6, 6.07) is 0. The normalized spacial score (nSPS) is 13.9. The highest BCUT2D eigenvalue weighted by molar-refractivity contribution is 7.47. The monoisotopic (exact) mass is 871 g/mol. The molecular weight excluding hydrogens is 783 g/mol. The van der Waals surface area contributed by atoms with E-state index in [0.29, 0.717) is 19.3 Å². The molecule has 0 aliphatic carbocycles. The van der Waals surface area contributed by atoms with Gasteiger partial charge < -0.3 is 24.2 Å². The number of esters is 3. The van der Waals surface area contributed by atoms with Crippen molar-refractivity contribution in [3.63, 3.8) is 0 Å². The Balaban J connectivity index is 4.76. The highest BCUT2D eigenvalue weighted by atomic mass is 31.2. The van der Waals surface area contributed by atoms with E-state index in [-0.39, 0.29) is 25.9 Å². The third-order valence-corrected chi connectivity index (χ3v) is 11.0. The van der Waals surface area contributed by atoms with Crippen LogP contribution < -0.4 is 0 Å². The van der Waals surface area contributed by atoms with Crippen LogP contribution in [0.4, 0.5) is 0 Å². The predicted molar refractivity (Wildman–Crippen MR) is 242 cm³/mol. The second-order valence-corrected chi connectivity index (χ2v) is 17.4. The second kappa shape index (κ2) is 43.4. The first-order valence-electron chi connectivity index (χ1n) is 23.9. The van der Waals surface area contributed by atoms with Gasteiger partial charge in [-0.1, -0.05) is 179 Å². The maximum Gasteiger partial charge on any atom is 0.472 e. The lowest BCUT2D eigenvalue weighted by Crippen LogP contribution is -2.30. The number of phosphoric ester groups is 1. The summed E-state index contributed by atoms with van der Waals surface area (Å²) in [6.07, 6.45) is 39.9. The van der Waals surface area contributed by atoms with E-state index in [1.165, 1.54) is 77.0 Å². The molecule has 3 atom stereocenters. The van der Waals surface area contributed by atoms with E-state index in [9.17, 15) is 28.9 Å². The summed E-state index contributed by atoms with van der Waals surface area (Å²) in [5.74, 6) is -1.50. The number of aliphatic hydroxyl groups excluding tert-OH is 1. The molecule has 0 aromatic rings. The Labute approximate surface area is 365 Å². The van der Waals surface area contributed by atoms with Gasteiger partial charge in [0.2, 0.25) is 0 Å². The third kappa shape index (κ3) is 41.1. The van der Waals surface area contributed by atoms with Gasteiger partial charge in [0.05, 0.1) is 19.8 Å². The largest absolute Gasteiger partial charge is 0.472 e. The predicted octanol–water partition coefficient (Wildman–Crippen LogP) is 12.9. The Kier molecular flexibility index (Phi) is 41.7. The van der Waals surface area contributed by atoms with Gasteiger partial charge in [-0.15, -0.1) is 0 Å². The minimum atomic E-state index is -4.73. The maximum absolute atomic E-state index is 12.8. The molecule has 350 valence electrons. The van der Waals surface area contributed by atoms with E-state index in [4.69, 9.17) is 23.3 Å². The second-order valence-electron chi connectivity index (χ2n) is 15.9. The molecule has 60 heavy (non-hydrogen) atoms. The van der Waals surface area contributed by atoms with Crippen molar-refractivity contribution in [2.24, 2.45) is 0 Å². The van der Waals surface area contributed by atoms with Crippen molar-refractivity contribution in [2.45, 2.75) is 226 Å². The smallest absolute Gasteiger partial charge is 0.462 e. The third-order valence-electron chi connectivity index (χ3n) is 10.1. The fourth-order valence-corrected chi connectivity index (χ4v) is 7.21. The molecule has 0 saturated carbocycles. The van der Waals surface area contributed by atoms with Gasteiger partial charge in [-0.05, 0) is 51.4 Å². The highest BCUT2D eigenvalue weighted by Crippen LogP contribution is 2.43. The Morgan fingerprint density at radius 1 is 0.483 bits per heavy atom. The van der Waals surface area contributed by atoms with Gasteiger partial charge in [0.1, 0.15) is 12.7 Å². The number of ether oxygens (including phenoxy) is 3. The van der Waals surface area contributed by atoms with Crippen LogP contribution in [0.2, 0.25) is 0 Å². The first-order valence-corrected chi connectivity index (χ1v) is 25.4. The van der Waals surface area contributed by atoms with Gasteiger partial charge >= 0.3 is 25.7 Å². The van der Waals surface area contributed by atoms with Gasteiger partial charge in [-0.3, -0.25) is 23.4 Å². The summed E-state index contributed by atoms with van der Waals surface area (Å²) < 4.78 is 39.1. The fourth-order valence-electron chi connectivity index (χ4n) is 6.43. The molecular formula is C48H87O11P. The number of carbonyl (C=O) groups excluding carboxylic acids is 3. The SMILES string of the molecule is CC/C=C\C/C=C\C/C=C\CCCCCC(=O)OC(COC(=O)CCCCCCCCCCC)COP(=O)(O)OCC(CO)OC(=O)CCCCCCCCCCCCC. The zero-order valence-electron chi connectivity index (χ0n) is 38.2. The van der Waals surface area contributed by atoms with Crippen LogP contribution in [0.25, 0.3) is 0 Å². The molecule has 11 nitrogen and oxygen atoms in total. The lowest BCUT2D eigenvalue weighted by molar-refractivity contribution is -0.161. The van der Waals surface area contributed by atoms with Crippen molar-refractivity contribution < 1.29 is 52.2 Å². The fraction of sp³-hybridized carbons (Fsp3) is 0.812. The number of hydrogen-bond acceptors (Lipinski definition) is 10. The number of allylic oxidation sites excluding steroid dienone is 6. The average molecular weight is 871 g/mol. The molecule has 0 bridgehead atoms. The van der Waals surface area contributed by atoms with E-state index >= 15 is 0 Å². The highest BCUT2D eigenvalue weighted by Gasteiger charge is 2.28. The van der Waals surface area contributed by atoms with Crippen LogP contribution in [0.15, 0.2) is 36.5 Å². The molecule has 0 fully saturated rings. The Hall–Kier alpha value is -2.30. The molecule has 0 radical (unpaired) electrons. The molecule has 2 N–H and O–H groups in total. The number of rotatable bonds is 44. The summed E-state index contributed by atoms with van der Waals surface area (Å²) in [5, 5.41) is 9.72. The summed E-state index contributed by atoms with van der Waals surface area (Å²) in [4.78, 5) is 48.0. The zero-order valence-corrected chi connectivity index (χ0v) is 39.1. The molecule has 0 aromatic heterocycles. The topological polar surface area (TPSA) is 155 Å². The van der Waals surface area contributed by atoms with E-state index in [1.54, 1.807) is 0 Å². The van der Waals surface area contributed by atoms with Gasteiger partial charge in [-0.2, -0.15) is 0 Å². The van der Waals surface area contributed by atoms with Crippen LogP contribution in [0.1, 0.15) is 213 Å². The number of carbonyl (C=O) groups is 3. The summed E-state index contributed by atoms with van der Waals surface area (Å²) in [5.41, 5.74) is 0. The summed E-state index contributed by atoms with van der Waals surface area (Å²) in [7, 11) is -4.73. The molecule has 0 aliphatic heterocycles. The van der Waals surface area contributed by atoms with Crippen molar-refractivity contribution in [3.8, 4) is 0 Å². The number of hydrogen-bond donors (Lipinski definition) is 2. The van der Waals surface area contributed by atoms with Crippen LogP contribution in [0.5, 0.6) is 0 Å². The molecule has 0 aliphatic rings. The van der Waals surface area contributed by atoms with Gasteiger partial charge in [0, 0.05) is 19.3 Å². The molecule has 0 aromatic carbocycles. The van der Waals surface area contributed by atoms with E-state index in [0.717, 1.165) is 77.0 Å². The van der Waals surface area contributed by atoms with Crippen molar-refractivity contribution in [1.82, 2.24) is 0 Å². The standard InChI is InChI=1S/C48H87O11P/c1-4-7-10-13-16-19-21-22-24-27-30-33-36-39-48(52)59-45(41-55-46(50)37-34-31-28-25-18-15-12-9-6-3)43-57-60(53,54)56-42-44(40-49)58-47(51)38-35-32-29-26-23-20-17-14-11-8-5-2/h7,10,16,19,22,24,44-45,49H,4-6,8-9,11-15,17-18,20-21,23,25-43H2,1-3H3,(H,53,54)/b10-7-,19-16-,24-22-. The molecule has 0 heterocycles. The molecule has 3 unspecified atom stereocenters. The van der Waals surface area contributed by atoms with Crippen LogP contribution in [-0.4, -0.2) is 66.5 Å². The first-order chi connectivity index (χ1) is 29.2. The van der Waals surface area contributed by atoms with Gasteiger partial charge in [0.15, 0.2) is 6.10 Å². The Morgan fingerprint density at radius 2 is 0.867 bits per heavy atom. The van der Waals surface area contributed by atoms with E-state index < -0.39 is 57.8 Å². The summed E-state index contributed by atoms with van der Waals surface area (Å²) in [6.45, 7) is 4.44. The van der Waals surface area contributed by atoms with Crippen LogP contribution in [0, 0.1) is 0 Å². The average Bonchev–Trinajstić information content (AvgIpc) is 3.23. The molecule has 0 spiro atoms. The number of unbranched alkanes of at least 4 members (excludes halogenated alkanes) is 21. The maximum atomic E-state index is 12.8. The molecule has 0 rings (SSSR count). The molecule has 0 amide bonds. The zero-order chi connectivity index (χ0) is 44.2. The van der Waals surface area contributed by atoms with E-state index in [1.807, 2.05) is 0 Å². The molecule has 12 heteroatoms. The van der Waals surface area contributed by atoms with Gasteiger partial charge in [0.25, 0.3) is 0 Å². The minimum absolute atomic E-state index is 0.136. The summed E-state index contributed by atoms with van der Waals surface area (Å²) >= 11 is 0. The lowest BCUT2D eigenvalue weighted by Gasteiger charge is -2.21. The van der Waals surface area contributed by atoms with Crippen molar-refractivity contribution >= 4 is 25.7 Å². The van der Waals surface area contributed by atoms with Crippen molar-refractivity contribution in [2.75, 3.05) is 26.4 Å². The Morgan fingerprint density at radius 3 is 1.33 bits per heavy atom. The Bertz CT molecular complexity index is 1160. The van der Waals surface area contributed by atoms with Crippen molar-refractivity contribution in [3.05, 3.63) is 36.5 Å². The van der Waals surface area contributed by atoms with Crippen molar-refractivity contribution in [1.29, 1.82) is 0 Å². The van der Waals surface area contributed by atoms with Crippen LogP contribution >= 0.6 is 7.82 Å². The first kappa shape index (κ1) is 57.7.